The van der Waals surface area contributed by atoms with Crippen LogP contribution in [-0.2, 0) is 4.74 Å². The number of carbonyl (C=O) groups is 1. The molecule has 1 aliphatic heterocycles. The molecular formula is C15H21N5O5. The molecule has 3 heterocycles. The van der Waals surface area contributed by atoms with Crippen LogP contribution in [0.2, 0.25) is 0 Å². The lowest BCUT2D eigenvalue weighted by atomic mass is 9.96. The zero-order chi connectivity index (χ0) is 18.5. The van der Waals surface area contributed by atoms with E-state index in [0.29, 0.717) is 16.9 Å². The topological polar surface area (TPSA) is 147 Å². The summed E-state index contributed by atoms with van der Waals surface area (Å²) in [6.45, 7) is 0.926. The molecule has 4 unspecified atom stereocenters. The minimum absolute atomic E-state index is 0.167. The maximum Gasteiger partial charge on any atom is 0.251 e. The molecule has 0 radical (unpaired) electrons. The summed E-state index contributed by atoms with van der Waals surface area (Å²) in [5.74, 6) is -0.201. The average molecular weight is 351 g/mol. The Bertz CT molecular complexity index is 818. The summed E-state index contributed by atoms with van der Waals surface area (Å²) in [7, 11) is 3.52. The Balaban J connectivity index is 2.25. The highest BCUT2D eigenvalue weighted by Crippen LogP contribution is 2.41. The largest absolute Gasteiger partial charge is 0.394 e. The van der Waals surface area contributed by atoms with Crippen molar-refractivity contribution in [1.82, 2.24) is 14.5 Å². The van der Waals surface area contributed by atoms with Crippen LogP contribution in [0.3, 0.4) is 0 Å². The van der Waals surface area contributed by atoms with Crippen LogP contribution in [0.15, 0.2) is 12.5 Å². The predicted molar refractivity (Wildman–Crippen MR) is 88.0 cm³/mol. The molecule has 10 heteroatoms. The number of carbonyl (C=O) groups excluding carboxylic acids is 1. The second-order valence-electron chi connectivity index (χ2n) is 6.48. The molecule has 10 nitrogen and oxygen atoms in total. The number of aromatic nitrogens is 3. The van der Waals surface area contributed by atoms with Crippen molar-refractivity contribution < 1.29 is 24.9 Å². The van der Waals surface area contributed by atoms with Gasteiger partial charge in [0.15, 0.2) is 6.23 Å². The number of hydrogen-bond donors (Lipinski definition) is 4. The number of nitrogens with zero attached hydrogens (tertiary/aromatic N) is 4. The fraction of sp³-hybridized carbons (Fsp3) is 0.533. The number of aliphatic hydroxyl groups is 3. The van der Waals surface area contributed by atoms with Crippen LogP contribution in [0.25, 0.3) is 11.0 Å². The van der Waals surface area contributed by atoms with E-state index in [1.165, 1.54) is 24.0 Å². The fourth-order valence-corrected chi connectivity index (χ4v) is 3.16. The Labute approximate surface area is 143 Å². The maximum absolute atomic E-state index is 11.9. The highest BCUT2D eigenvalue weighted by Gasteiger charge is 2.53. The van der Waals surface area contributed by atoms with Crippen LogP contribution in [0.1, 0.15) is 23.5 Å². The zero-order valence-corrected chi connectivity index (χ0v) is 14.1. The van der Waals surface area contributed by atoms with Crippen molar-refractivity contribution in [2.24, 2.45) is 5.73 Å². The molecule has 1 aliphatic rings. The third kappa shape index (κ3) is 2.54. The third-order valence-corrected chi connectivity index (χ3v) is 4.47. The monoisotopic (exact) mass is 351 g/mol. The van der Waals surface area contributed by atoms with Crippen molar-refractivity contribution in [2.75, 3.05) is 25.6 Å². The molecule has 0 aliphatic carbocycles. The van der Waals surface area contributed by atoms with Crippen molar-refractivity contribution in [2.45, 2.75) is 31.0 Å². The fourth-order valence-electron chi connectivity index (χ4n) is 3.16. The van der Waals surface area contributed by atoms with E-state index >= 15 is 0 Å². The van der Waals surface area contributed by atoms with Gasteiger partial charge in [0.05, 0.1) is 17.6 Å². The van der Waals surface area contributed by atoms with E-state index in [9.17, 15) is 20.1 Å². The zero-order valence-electron chi connectivity index (χ0n) is 14.1. The highest BCUT2D eigenvalue weighted by molar-refractivity contribution is 6.09. The molecule has 1 amide bonds. The van der Waals surface area contributed by atoms with Gasteiger partial charge in [-0.1, -0.05) is 0 Å². The van der Waals surface area contributed by atoms with E-state index in [-0.39, 0.29) is 5.56 Å². The van der Waals surface area contributed by atoms with Gasteiger partial charge in [-0.3, -0.25) is 4.79 Å². The molecular weight excluding hydrogens is 330 g/mol. The number of primary amides is 1. The van der Waals surface area contributed by atoms with Gasteiger partial charge in [-0.25, -0.2) is 9.97 Å². The number of rotatable bonds is 4. The molecule has 2 aromatic heterocycles. The molecule has 136 valence electrons. The minimum atomic E-state index is -1.71. The van der Waals surface area contributed by atoms with Crippen LogP contribution in [0.4, 0.5) is 5.82 Å². The lowest BCUT2D eigenvalue weighted by molar-refractivity contribution is -0.0948. The van der Waals surface area contributed by atoms with E-state index in [0.717, 1.165) is 0 Å². The standard InChI is InChI=1S/C15H21N5O5/c1-15(24)10(22)8(5-21)25-14(15)20-4-7(11(16)23)9-12(19(2)3)17-6-18-13(9)20/h4,6,8,10,14,21-22,24H,5H2,1-3H3,(H2,16,23). The molecule has 1 saturated heterocycles. The van der Waals surface area contributed by atoms with Gasteiger partial charge in [-0.15, -0.1) is 0 Å². The average Bonchev–Trinajstić information content (AvgIpc) is 3.03. The molecule has 0 spiro atoms. The van der Waals surface area contributed by atoms with Gasteiger partial charge >= 0.3 is 0 Å². The molecule has 0 saturated carbocycles. The first-order chi connectivity index (χ1) is 11.7. The van der Waals surface area contributed by atoms with Crippen LogP contribution in [0.5, 0.6) is 0 Å². The Morgan fingerprint density at radius 3 is 2.68 bits per heavy atom. The second kappa shape index (κ2) is 5.92. The highest BCUT2D eigenvalue weighted by atomic mass is 16.6. The van der Waals surface area contributed by atoms with Gasteiger partial charge in [-0.2, -0.15) is 0 Å². The van der Waals surface area contributed by atoms with Crippen LogP contribution >= 0.6 is 0 Å². The first kappa shape index (κ1) is 17.5. The molecule has 25 heavy (non-hydrogen) atoms. The minimum Gasteiger partial charge on any atom is -0.394 e. The number of anilines is 1. The van der Waals surface area contributed by atoms with Crippen molar-refractivity contribution in [3.8, 4) is 0 Å². The Hall–Kier alpha value is -2.27. The quantitative estimate of drug-likeness (QED) is 0.526. The van der Waals surface area contributed by atoms with Crippen molar-refractivity contribution in [3.63, 3.8) is 0 Å². The molecule has 5 N–H and O–H groups in total. The van der Waals surface area contributed by atoms with E-state index in [1.54, 1.807) is 19.0 Å². The smallest absolute Gasteiger partial charge is 0.251 e. The number of hydrogen-bond acceptors (Lipinski definition) is 8. The Kier molecular flexibility index (Phi) is 4.15. The molecule has 3 rings (SSSR count). The first-order valence-corrected chi connectivity index (χ1v) is 7.69. The Morgan fingerprint density at radius 2 is 2.16 bits per heavy atom. The van der Waals surface area contributed by atoms with Crippen LogP contribution < -0.4 is 10.6 Å². The number of aliphatic hydroxyl groups excluding tert-OH is 2. The van der Waals surface area contributed by atoms with Gasteiger partial charge in [-0.05, 0) is 6.92 Å². The van der Waals surface area contributed by atoms with Crippen molar-refractivity contribution in [3.05, 3.63) is 18.1 Å². The summed E-state index contributed by atoms with van der Waals surface area (Å²) >= 11 is 0. The number of amides is 1. The summed E-state index contributed by atoms with van der Waals surface area (Å²) in [6.07, 6.45) is -0.611. The van der Waals surface area contributed by atoms with Crippen molar-refractivity contribution >= 4 is 22.8 Å². The second-order valence-corrected chi connectivity index (χ2v) is 6.48. The number of nitrogens with two attached hydrogens (primary N) is 1. The van der Waals surface area contributed by atoms with E-state index in [2.05, 4.69) is 9.97 Å². The number of fused-ring (bicyclic) bond motifs is 1. The van der Waals surface area contributed by atoms with Crippen LogP contribution in [-0.4, -0.2) is 74.3 Å². The summed E-state index contributed by atoms with van der Waals surface area (Å²) in [5.41, 5.74) is 4.27. The van der Waals surface area contributed by atoms with E-state index in [4.69, 9.17) is 10.5 Å². The molecule has 2 aromatic rings. The van der Waals surface area contributed by atoms with Crippen LogP contribution in [0, 0.1) is 0 Å². The number of ether oxygens (including phenoxy) is 1. The van der Waals surface area contributed by atoms with Crippen molar-refractivity contribution in [1.29, 1.82) is 0 Å². The predicted octanol–water partition coefficient (Wildman–Crippen LogP) is -1.40. The molecule has 1 fully saturated rings. The molecule has 0 bridgehead atoms. The van der Waals surface area contributed by atoms with Gasteiger partial charge in [0.1, 0.15) is 35.6 Å². The lowest BCUT2D eigenvalue weighted by Gasteiger charge is -2.27. The maximum atomic E-state index is 11.9. The molecule has 4 atom stereocenters. The lowest BCUT2D eigenvalue weighted by Crippen LogP contribution is -2.44. The van der Waals surface area contributed by atoms with Gasteiger partial charge in [0, 0.05) is 20.3 Å². The van der Waals surface area contributed by atoms with Gasteiger partial charge in [0.2, 0.25) is 0 Å². The molecule has 0 aromatic carbocycles. The van der Waals surface area contributed by atoms with E-state index < -0.39 is 36.6 Å². The van der Waals surface area contributed by atoms with E-state index in [1.807, 2.05) is 0 Å². The first-order valence-electron chi connectivity index (χ1n) is 7.69. The summed E-state index contributed by atoms with van der Waals surface area (Å²) in [4.78, 5) is 22.0. The SMILES string of the molecule is CN(C)c1ncnc2c1c(C(N)=O)cn2C1OC(CO)C(O)C1(C)O. The third-order valence-electron chi connectivity index (χ3n) is 4.47. The Morgan fingerprint density at radius 1 is 1.48 bits per heavy atom. The summed E-state index contributed by atoms with van der Waals surface area (Å²) in [6, 6.07) is 0. The van der Waals surface area contributed by atoms with Gasteiger partial charge in [0.25, 0.3) is 5.91 Å². The summed E-state index contributed by atoms with van der Waals surface area (Å²) < 4.78 is 7.05. The normalized spacial score (nSPS) is 29.3. The summed E-state index contributed by atoms with van der Waals surface area (Å²) in [5, 5.41) is 30.6. The van der Waals surface area contributed by atoms with Gasteiger partial charge < -0.3 is 35.3 Å².